The lowest BCUT2D eigenvalue weighted by Gasteiger charge is -2.27. The lowest BCUT2D eigenvalue weighted by Crippen LogP contribution is -2.40. The van der Waals surface area contributed by atoms with Crippen molar-refractivity contribution in [2.75, 3.05) is 12.4 Å². The number of nitrogens with zero attached hydrogens (tertiary/aromatic N) is 2. The number of rotatable bonds is 4. The topological polar surface area (TPSA) is 84.3 Å². The fourth-order valence-electron chi connectivity index (χ4n) is 2.35. The first-order valence-corrected chi connectivity index (χ1v) is 5.92. The quantitative estimate of drug-likeness (QED) is 0.844. The van der Waals surface area contributed by atoms with Crippen molar-refractivity contribution in [2.45, 2.75) is 32.2 Å². The van der Waals surface area contributed by atoms with Gasteiger partial charge in [-0.3, -0.25) is 9.78 Å². The maximum atomic E-state index is 11.3. The van der Waals surface area contributed by atoms with E-state index < -0.39 is 11.4 Å². The Labute approximate surface area is 105 Å². The molecule has 6 nitrogen and oxygen atoms in total. The standard InChI is InChI=1S/C12H17N3O3/c1-12(11(16)17)5-3-4-8(12)14-9-6-13-7-10(15-9)18-2/h6-8H,3-5H2,1-2H3,(H,14,15)(H,16,17). The number of carboxylic acids is 1. The maximum Gasteiger partial charge on any atom is 0.311 e. The molecule has 0 bridgehead atoms. The summed E-state index contributed by atoms with van der Waals surface area (Å²) >= 11 is 0. The molecule has 1 aromatic rings. The van der Waals surface area contributed by atoms with Crippen LogP contribution in [-0.2, 0) is 4.79 Å². The van der Waals surface area contributed by atoms with Crippen molar-refractivity contribution in [2.24, 2.45) is 5.41 Å². The van der Waals surface area contributed by atoms with Crippen molar-refractivity contribution in [3.63, 3.8) is 0 Å². The Bertz CT molecular complexity index is 452. The third kappa shape index (κ3) is 2.23. The largest absolute Gasteiger partial charge is 0.481 e. The van der Waals surface area contributed by atoms with Crippen molar-refractivity contribution in [3.05, 3.63) is 12.4 Å². The van der Waals surface area contributed by atoms with Gasteiger partial charge in [0.05, 0.1) is 24.9 Å². The van der Waals surface area contributed by atoms with Crippen molar-refractivity contribution in [1.82, 2.24) is 9.97 Å². The van der Waals surface area contributed by atoms with E-state index in [1.54, 1.807) is 13.1 Å². The van der Waals surface area contributed by atoms with E-state index in [0.717, 1.165) is 12.8 Å². The highest BCUT2D eigenvalue weighted by molar-refractivity contribution is 5.76. The van der Waals surface area contributed by atoms with Gasteiger partial charge < -0.3 is 15.2 Å². The molecule has 1 aliphatic carbocycles. The smallest absolute Gasteiger partial charge is 0.311 e. The van der Waals surface area contributed by atoms with Crippen LogP contribution < -0.4 is 10.1 Å². The SMILES string of the molecule is COc1cncc(NC2CCCC2(C)C(=O)O)n1. The highest BCUT2D eigenvalue weighted by Gasteiger charge is 2.45. The first kappa shape index (κ1) is 12.6. The summed E-state index contributed by atoms with van der Waals surface area (Å²) in [4.78, 5) is 19.5. The highest BCUT2D eigenvalue weighted by atomic mass is 16.5. The molecule has 6 heteroatoms. The third-order valence-electron chi connectivity index (χ3n) is 3.59. The zero-order valence-corrected chi connectivity index (χ0v) is 10.5. The second kappa shape index (κ2) is 4.80. The van der Waals surface area contributed by atoms with Gasteiger partial charge in [-0.25, -0.2) is 0 Å². The van der Waals surface area contributed by atoms with Crippen molar-refractivity contribution in [1.29, 1.82) is 0 Å². The van der Waals surface area contributed by atoms with Gasteiger partial charge in [0.1, 0.15) is 5.82 Å². The lowest BCUT2D eigenvalue weighted by molar-refractivity contribution is -0.147. The fraction of sp³-hybridized carbons (Fsp3) is 0.583. The molecule has 18 heavy (non-hydrogen) atoms. The molecular formula is C12H17N3O3. The summed E-state index contributed by atoms with van der Waals surface area (Å²) in [5.41, 5.74) is -0.745. The number of carboxylic acid groups (broad SMARTS) is 1. The van der Waals surface area contributed by atoms with E-state index in [0.29, 0.717) is 18.1 Å². The van der Waals surface area contributed by atoms with Gasteiger partial charge in [-0.15, -0.1) is 0 Å². The minimum atomic E-state index is -0.770. The first-order valence-electron chi connectivity index (χ1n) is 5.92. The van der Waals surface area contributed by atoms with Crippen molar-refractivity contribution < 1.29 is 14.6 Å². The highest BCUT2D eigenvalue weighted by Crippen LogP contribution is 2.39. The summed E-state index contributed by atoms with van der Waals surface area (Å²) in [6.07, 6.45) is 5.48. The average molecular weight is 251 g/mol. The van der Waals surface area contributed by atoms with Gasteiger partial charge in [0, 0.05) is 6.04 Å². The van der Waals surface area contributed by atoms with Gasteiger partial charge in [0.15, 0.2) is 0 Å². The van der Waals surface area contributed by atoms with Crippen LogP contribution in [0.1, 0.15) is 26.2 Å². The van der Waals surface area contributed by atoms with Gasteiger partial charge in [0.25, 0.3) is 0 Å². The molecule has 0 aliphatic heterocycles. The van der Waals surface area contributed by atoms with Gasteiger partial charge in [-0.1, -0.05) is 6.42 Å². The number of hydrogen-bond donors (Lipinski definition) is 2. The Morgan fingerprint density at radius 2 is 2.39 bits per heavy atom. The predicted molar refractivity (Wildman–Crippen MR) is 65.6 cm³/mol. The minimum absolute atomic E-state index is 0.128. The van der Waals surface area contributed by atoms with Gasteiger partial charge in [-0.05, 0) is 19.8 Å². The Balaban J connectivity index is 2.15. The van der Waals surface area contributed by atoms with E-state index in [1.807, 2.05) is 0 Å². The molecule has 1 aromatic heterocycles. The monoisotopic (exact) mass is 251 g/mol. The lowest BCUT2D eigenvalue weighted by atomic mass is 9.85. The summed E-state index contributed by atoms with van der Waals surface area (Å²) < 4.78 is 4.99. The molecule has 2 N–H and O–H groups in total. The molecule has 98 valence electrons. The molecule has 1 heterocycles. The van der Waals surface area contributed by atoms with Crippen LogP contribution in [0.3, 0.4) is 0 Å². The van der Waals surface area contributed by atoms with E-state index in [9.17, 15) is 9.90 Å². The summed E-state index contributed by atoms with van der Waals surface area (Å²) in [5, 5.41) is 12.5. The van der Waals surface area contributed by atoms with Crippen LogP contribution in [0.15, 0.2) is 12.4 Å². The molecule has 1 fully saturated rings. The van der Waals surface area contributed by atoms with E-state index in [4.69, 9.17) is 4.74 Å². The van der Waals surface area contributed by atoms with E-state index >= 15 is 0 Å². The number of nitrogens with one attached hydrogen (secondary N) is 1. The van der Waals surface area contributed by atoms with Crippen LogP contribution in [0.4, 0.5) is 5.82 Å². The Hall–Kier alpha value is -1.85. The summed E-state index contributed by atoms with van der Waals surface area (Å²) in [7, 11) is 1.52. The molecular weight excluding hydrogens is 234 g/mol. The number of aliphatic carboxylic acids is 1. The number of anilines is 1. The molecule has 2 unspecified atom stereocenters. The number of aromatic nitrogens is 2. The van der Waals surface area contributed by atoms with E-state index in [2.05, 4.69) is 15.3 Å². The zero-order valence-electron chi connectivity index (χ0n) is 10.5. The maximum absolute atomic E-state index is 11.3. The molecule has 1 saturated carbocycles. The molecule has 0 amide bonds. The Morgan fingerprint density at radius 1 is 1.61 bits per heavy atom. The summed E-state index contributed by atoms with van der Waals surface area (Å²) in [6, 6.07) is -0.128. The molecule has 0 radical (unpaired) electrons. The molecule has 2 rings (SSSR count). The van der Waals surface area contributed by atoms with Gasteiger partial charge in [-0.2, -0.15) is 4.98 Å². The molecule has 0 spiro atoms. The van der Waals surface area contributed by atoms with E-state index in [1.165, 1.54) is 13.3 Å². The minimum Gasteiger partial charge on any atom is -0.481 e. The predicted octanol–water partition coefficient (Wildman–Crippen LogP) is 1.54. The van der Waals surface area contributed by atoms with Crippen LogP contribution in [-0.4, -0.2) is 34.2 Å². The zero-order chi connectivity index (χ0) is 13.2. The number of ether oxygens (including phenoxy) is 1. The molecule has 0 saturated heterocycles. The van der Waals surface area contributed by atoms with E-state index in [-0.39, 0.29) is 6.04 Å². The second-order valence-electron chi connectivity index (χ2n) is 4.76. The Morgan fingerprint density at radius 3 is 3.06 bits per heavy atom. The number of carbonyl (C=O) groups is 1. The van der Waals surface area contributed by atoms with Crippen LogP contribution in [0.25, 0.3) is 0 Å². The molecule has 2 atom stereocenters. The van der Waals surface area contributed by atoms with Gasteiger partial charge in [0.2, 0.25) is 5.88 Å². The van der Waals surface area contributed by atoms with Crippen molar-refractivity contribution >= 4 is 11.8 Å². The van der Waals surface area contributed by atoms with Crippen LogP contribution >= 0.6 is 0 Å². The van der Waals surface area contributed by atoms with Crippen LogP contribution in [0.2, 0.25) is 0 Å². The fourth-order valence-corrected chi connectivity index (χ4v) is 2.35. The second-order valence-corrected chi connectivity index (χ2v) is 4.76. The average Bonchev–Trinajstić information content (AvgIpc) is 2.73. The normalized spacial score (nSPS) is 26.9. The first-order chi connectivity index (χ1) is 8.56. The van der Waals surface area contributed by atoms with Crippen molar-refractivity contribution in [3.8, 4) is 5.88 Å². The van der Waals surface area contributed by atoms with Crippen LogP contribution in [0.5, 0.6) is 5.88 Å². The summed E-state index contributed by atoms with van der Waals surface area (Å²) in [6.45, 7) is 1.77. The Kier molecular flexibility index (Phi) is 3.36. The molecule has 0 aromatic carbocycles. The van der Waals surface area contributed by atoms with Gasteiger partial charge >= 0.3 is 5.97 Å². The number of methoxy groups -OCH3 is 1. The summed E-state index contributed by atoms with van der Waals surface area (Å²) in [5.74, 6) is 0.192. The van der Waals surface area contributed by atoms with Crippen LogP contribution in [0, 0.1) is 5.41 Å². The molecule has 1 aliphatic rings. The third-order valence-corrected chi connectivity index (χ3v) is 3.59. The number of hydrogen-bond acceptors (Lipinski definition) is 5.